The first-order valence-electron chi connectivity index (χ1n) is 28.6. The fourth-order valence-corrected chi connectivity index (χ4v) is 12.0. The minimum absolute atomic E-state index is 0.0226. The second-order valence-electron chi connectivity index (χ2n) is 22.2. The van der Waals surface area contributed by atoms with Crippen molar-refractivity contribution in [3.05, 3.63) is 132 Å². The van der Waals surface area contributed by atoms with E-state index < -0.39 is 6.04 Å². The molecule has 8 aromatic rings. The van der Waals surface area contributed by atoms with Crippen molar-refractivity contribution in [3.8, 4) is 51.2 Å². The molecule has 0 aliphatic carbocycles. The summed E-state index contributed by atoms with van der Waals surface area (Å²) in [6, 6.07) is 24.0. The Hall–Kier alpha value is -8.16. The highest BCUT2D eigenvalue weighted by atomic mass is 19.1. The zero-order valence-corrected chi connectivity index (χ0v) is 46.9. The summed E-state index contributed by atoms with van der Waals surface area (Å²) in [6.07, 6.45) is 13.0. The molecule has 0 saturated carbocycles. The van der Waals surface area contributed by atoms with Crippen LogP contribution in [0.25, 0.3) is 55.3 Å². The topological polar surface area (TPSA) is 195 Å². The molecule has 5 unspecified atom stereocenters. The molecule has 3 N–H and O–H groups in total. The van der Waals surface area contributed by atoms with E-state index in [1.807, 2.05) is 87.3 Å². The van der Waals surface area contributed by atoms with Gasteiger partial charge in [-0.2, -0.15) is 9.97 Å². The van der Waals surface area contributed by atoms with Gasteiger partial charge in [0.05, 0.1) is 37.0 Å². The van der Waals surface area contributed by atoms with Crippen LogP contribution in [-0.2, 0) is 27.4 Å². The minimum Gasteiger partial charge on any atom is -0.508 e. The van der Waals surface area contributed by atoms with E-state index in [1.54, 1.807) is 41.3 Å². The Morgan fingerprint density at radius 1 is 0.902 bits per heavy atom. The van der Waals surface area contributed by atoms with Crippen LogP contribution in [0.15, 0.2) is 104 Å². The van der Waals surface area contributed by atoms with Crippen LogP contribution < -0.4 is 25.0 Å². The van der Waals surface area contributed by atoms with Crippen molar-refractivity contribution < 1.29 is 37.7 Å². The maximum atomic E-state index is 15.6. The van der Waals surface area contributed by atoms with Crippen molar-refractivity contribution in [1.29, 1.82) is 0 Å². The first-order valence-corrected chi connectivity index (χ1v) is 28.6. The van der Waals surface area contributed by atoms with Gasteiger partial charge in [-0.15, -0.1) is 5.10 Å². The lowest BCUT2D eigenvalue weighted by Crippen LogP contribution is -2.51. The molecule has 82 heavy (non-hydrogen) atoms. The molecule has 8 heterocycles. The van der Waals surface area contributed by atoms with Crippen LogP contribution in [-0.4, -0.2) is 114 Å². The van der Waals surface area contributed by atoms with E-state index in [9.17, 15) is 19.1 Å². The molecule has 12 rings (SSSR count). The zero-order valence-electron chi connectivity index (χ0n) is 46.9. The predicted molar refractivity (Wildman–Crippen MR) is 309 cm³/mol. The lowest BCUT2D eigenvalue weighted by atomic mass is 9.94. The molecule has 4 aliphatic heterocycles. The Bertz CT molecular complexity index is 3570. The van der Waals surface area contributed by atoms with Crippen LogP contribution in [0.4, 0.5) is 14.6 Å². The number of pyridine rings is 2. The van der Waals surface area contributed by atoms with E-state index in [0.29, 0.717) is 93.6 Å². The molecule has 2 bridgehead atoms. The van der Waals surface area contributed by atoms with Crippen molar-refractivity contribution in [2.24, 2.45) is 5.92 Å². The van der Waals surface area contributed by atoms with Gasteiger partial charge >= 0.3 is 6.01 Å². The number of aromatic hydroxyl groups is 1. The van der Waals surface area contributed by atoms with Crippen molar-refractivity contribution in [3.63, 3.8) is 0 Å². The van der Waals surface area contributed by atoms with Gasteiger partial charge < -0.3 is 39.8 Å². The van der Waals surface area contributed by atoms with Crippen LogP contribution >= 0.6 is 0 Å². The smallest absolute Gasteiger partial charge is 0.319 e. The monoisotopic (exact) mass is 1110 g/mol. The highest BCUT2D eigenvalue weighted by Crippen LogP contribution is 2.44. The standard InChI is InChI=1S/C49H56FN9O5.C14H13FN2O/c1-5-37-40(50)15-12-32-21-35(60)22-38(42(32)37)43-46(44-39(23-51-43)47(57-24-33-13-14-34(25-57)52-33)54-49(53-44)64-36-16-19-62-20-17-36)63-27-30-8-10-31(11-9-30)41-26-59(56-55-41)45(28(2)3)48(61)58-18-6-7-29(58)4;1-10(17-9-18)11-2-4-12(5-3-11)13-6-7-16-8-14(13)15/h8-12,15,21-23,26,28-29,33-34,36,45,52,60H,5-7,13-14,16-20,24-25,27H2,1-4H3;2-10H,1H3,(H,17,18). The molecule has 2 amide bonds. The fourth-order valence-electron chi connectivity index (χ4n) is 12.0. The number of benzene rings is 4. The third-order valence-electron chi connectivity index (χ3n) is 16.3. The van der Waals surface area contributed by atoms with Gasteiger partial charge in [-0.05, 0) is 109 Å². The number of rotatable bonds is 16. The number of piperazine rings is 1. The number of anilines is 1. The van der Waals surface area contributed by atoms with Crippen LogP contribution in [0.5, 0.6) is 17.5 Å². The van der Waals surface area contributed by atoms with E-state index in [0.717, 1.165) is 86.2 Å². The molecule has 4 saturated heterocycles. The average Bonchev–Trinajstić information content (AvgIpc) is 4.35. The van der Waals surface area contributed by atoms with Crippen LogP contribution in [0.3, 0.4) is 0 Å². The number of nitrogens with one attached hydrogen (secondary N) is 2. The quantitative estimate of drug-likeness (QED) is 0.0773. The van der Waals surface area contributed by atoms with Gasteiger partial charge in [0.15, 0.2) is 5.75 Å². The van der Waals surface area contributed by atoms with Gasteiger partial charge in [0.1, 0.15) is 58.9 Å². The van der Waals surface area contributed by atoms with Gasteiger partial charge in [-0.1, -0.05) is 80.6 Å². The summed E-state index contributed by atoms with van der Waals surface area (Å²) in [5.41, 5.74) is 6.65. The van der Waals surface area contributed by atoms with E-state index in [1.165, 1.54) is 12.3 Å². The average molecular weight is 1110 g/mol. The molecular formula is C63H69F2N11O6. The number of ether oxygens (including phenoxy) is 3. The third kappa shape index (κ3) is 11.8. The number of halogens is 2. The van der Waals surface area contributed by atoms with Gasteiger partial charge in [-0.3, -0.25) is 19.6 Å². The van der Waals surface area contributed by atoms with Gasteiger partial charge in [0, 0.05) is 79.7 Å². The number of aromatic nitrogens is 7. The molecule has 4 aromatic heterocycles. The molecule has 4 fully saturated rings. The SMILES string of the molecule is CC(NC=O)c1ccc(-c2ccncc2F)cc1.CCc1c(F)ccc2cc(O)cc(-c3ncc4c(N5CC6CCC(C5)N6)nc(OC5CCOCC5)nc4c3OCc3ccc(-c4cn(C(C(=O)N5CCCC5C)C(C)C)nn4)cc3)c12. The number of amides is 2. The molecule has 4 aliphatic rings. The van der Waals surface area contributed by atoms with Crippen LogP contribution in [0.1, 0.15) is 102 Å². The molecule has 426 valence electrons. The van der Waals surface area contributed by atoms with Gasteiger partial charge in [0.2, 0.25) is 12.3 Å². The highest BCUT2D eigenvalue weighted by Gasteiger charge is 2.36. The summed E-state index contributed by atoms with van der Waals surface area (Å²) in [4.78, 5) is 47.3. The Morgan fingerprint density at radius 2 is 1.66 bits per heavy atom. The second kappa shape index (κ2) is 24.5. The molecule has 4 aromatic carbocycles. The van der Waals surface area contributed by atoms with Gasteiger partial charge in [-0.25, -0.2) is 13.5 Å². The third-order valence-corrected chi connectivity index (χ3v) is 16.3. The zero-order chi connectivity index (χ0) is 57.0. The number of hydrogen-bond acceptors (Lipinski definition) is 14. The summed E-state index contributed by atoms with van der Waals surface area (Å²) < 4.78 is 49.9. The van der Waals surface area contributed by atoms with E-state index in [-0.39, 0.29) is 60.0 Å². The molecule has 17 nitrogen and oxygen atoms in total. The fraction of sp³-hybridized carbons (Fsp3) is 0.397. The number of hydrogen-bond donors (Lipinski definition) is 3. The first-order chi connectivity index (χ1) is 39.8. The van der Waals surface area contributed by atoms with Crippen molar-refractivity contribution in [2.75, 3.05) is 37.7 Å². The number of phenols is 1. The molecule has 19 heteroatoms. The summed E-state index contributed by atoms with van der Waals surface area (Å²) in [5, 5.41) is 28.5. The summed E-state index contributed by atoms with van der Waals surface area (Å²) in [6.45, 7) is 13.7. The first kappa shape index (κ1) is 55.7. The number of likely N-dealkylation sites (tertiary alicyclic amines) is 1. The number of aryl methyl sites for hydroxylation is 1. The molecule has 0 radical (unpaired) electrons. The Morgan fingerprint density at radius 3 is 2.35 bits per heavy atom. The van der Waals surface area contributed by atoms with E-state index >= 15 is 4.39 Å². The maximum Gasteiger partial charge on any atom is 0.319 e. The molecule has 0 spiro atoms. The minimum atomic E-state index is -0.444. The predicted octanol–water partition coefficient (Wildman–Crippen LogP) is 10.5. The van der Waals surface area contributed by atoms with Crippen LogP contribution in [0.2, 0.25) is 0 Å². The lowest BCUT2D eigenvalue weighted by molar-refractivity contribution is -0.137. The number of carbonyl (C=O) groups excluding carboxylic acids is 2. The Kier molecular flexibility index (Phi) is 16.7. The second-order valence-corrected chi connectivity index (χ2v) is 22.2. The van der Waals surface area contributed by atoms with Crippen LogP contribution in [0, 0.1) is 17.6 Å². The lowest BCUT2D eigenvalue weighted by Gasteiger charge is -2.34. The number of nitrogens with zero attached hydrogens (tertiary/aromatic N) is 9. The highest BCUT2D eigenvalue weighted by molar-refractivity contribution is 6.04. The van der Waals surface area contributed by atoms with Crippen molar-refractivity contribution in [2.45, 2.75) is 122 Å². The normalized spacial score (nSPS) is 18.8. The van der Waals surface area contributed by atoms with Crippen molar-refractivity contribution >= 4 is 39.8 Å². The summed E-state index contributed by atoms with van der Waals surface area (Å²) in [7, 11) is 0. The molecule has 5 atom stereocenters. The number of carbonyl (C=O) groups is 2. The Labute approximate surface area is 475 Å². The Balaban J connectivity index is 0.000000334. The largest absolute Gasteiger partial charge is 0.508 e. The molecular weight excluding hydrogens is 1040 g/mol. The van der Waals surface area contributed by atoms with E-state index in [2.05, 4.69) is 37.8 Å². The number of fused-ring (bicyclic) bond motifs is 4. The van der Waals surface area contributed by atoms with Gasteiger partial charge in [0.25, 0.3) is 0 Å². The summed E-state index contributed by atoms with van der Waals surface area (Å²) >= 11 is 0. The maximum absolute atomic E-state index is 15.6. The van der Waals surface area contributed by atoms with E-state index in [4.69, 9.17) is 29.2 Å². The van der Waals surface area contributed by atoms with Crippen molar-refractivity contribution in [1.82, 2.24) is 50.5 Å². The number of phenolic OH excluding ortho intramolecular Hbond substituents is 1. The summed E-state index contributed by atoms with van der Waals surface area (Å²) in [5.74, 6) is 0.565.